The number of rotatable bonds is 5. The largest absolute Gasteiger partial charge is 0.344 e. The van der Waals surface area contributed by atoms with Gasteiger partial charge in [0.1, 0.15) is 6.04 Å². The molecule has 0 aromatic carbocycles. The minimum Gasteiger partial charge on any atom is -0.344 e. The third-order valence-electron chi connectivity index (χ3n) is 6.98. The van der Waals surface area contributed by atoms with Crippen molar-refractivity contribution in [2.24, 2.45) is 29.1 Å². The van der Waals surface area contributed by atoms with Gasteiger partial charge in [-0.3, -0.25) is 30.2 Å². The van der Waals surface area contributed by atoms with Crippen LogP contribution < -0.4 is 16.2 Å². The number of hydrogen-bond donors (Lipinski definition) is 3. The van der Waals surface area contributed by atoms with Crippen LogP contribution in [0.4, 0.5) is 0 Å². The van der Waals surface area contributed by atoms with E-state index in [0.29, 0.717) is 23.3 Å². The Kier molecular flexibility index (Phi) is 5.32. The van der Waals surface area contributed by atoms with Gasteiger partial charge in [0.15, 0.2) is 0 Å². The smallest absolute Gasteiger partial charge is 0.271 e. The lowest BCUT2D eigenvalue weighted by molar-refractivity contribution is -0.149. The second-order valence-electron chi connectivity index (χ2n) is 9.58. The fourth-order valence-corrected chi connectivity index (χ4v) is 5.98. The summed E-state index contributed by atoms with van der Waals surface area (Å²) in [4.78, 5) is 42.1. The minimum atomic E-state index is -0.690. The number of nitrogens with zero attached hydrogens (tertiary/aromatic N) is 1. The number of amides is 3. The highest BCUT2D eigenvalue weighted by molar-refractivity contribution is 5.96. The molecule has 156 valence electrons. The number of nitrogens with one attached hydrogen (secondary N) is 3. The average molecular weight is 399 g/mol. The summed E-state index contributed by atoms with van der Waals surface area (Å²) in [6, 6.07) is 2.58. The summed E-state index contributed by atoms with van der Waals surface area (Å²) in [5, 5.41) is 3.02. The summed E-state index contributed by atoms with van der Waals surface area (Å²) in [5.74, 6) is 1.06. The predicted molar refractivity (Wildman–Crippen MR) is 107 cm³/mol. The van der Waals surface area contributed by atoms with Gasteiger partial charge in [-0.1, -0.05) is 13.8 Å². The Morgan fingerprint density at radius 2 is 1.66 bits per heavy atom. The van der Waals surface area contributed by atoms with Gasteiger partial charge in [0.25, 0.3) is 11.8 Å². The van der Waals surface area contributed by atoms with Gasteiger partial charge in [-0.05, 0) is 74.3 Å². The summed E-state index contributed by atoms with van der Waals surface area (Å²) in [5.41, 5.74) is 4.92. The van der Waals surface area contributed by atoms with Crippen molar-refractivity contribution in [1.82, 2.24) is 21.2 Å². The minimum absolute atomic E-state index is 0.0176. The number of carbonyl (C=O) groups excluding carboxylic acids is 3. The molecule has 4 saturated carbocycles. The van der Waals surface area contributed by atoms with E-state index in [1.165, 1.54) is 25.5 Å². The van der Waals surface area contributed by atoms with Gasteiger partial charge in [0, 0.05) is 17.8 Å². The van der Waals surface area contributed by atoms with Gasteiger partial charge in [-0.2, -0.15) is 0 Å². The van der Waals surface area contributed by atoms with Crippen molar-refractivity contribution in [3.05, 3.63) is 30.1 Å². The number of hydrogen-bond acceptors (Lipinski definition) is 4. The Hall–Kier alpha value is -2.44. The molecule has 4 aliphatic rings. The highest BCUT2D eigenvalue weighted by Crippen LogP contribution is 2.60. The van der Waals surface area contributed by atoms with E-state index < -0.39 is 17.9 Å². The highest BCUT2D eigenvalue weighted by atomic mass is 16.2. The molecule has 3 amide bonds. The van der Waals surface area contributed by atoms with E-state index in [2.05, 4.69) is 21.2 Å². The Bertz CT molecular complexity index is 757. The molecule has 7 nitrogen and oxygen atoms in total. The molecule has 5 rings (SSSR count). The first kappa shape index (κ1) is 19.9. The molecule has 4 bridgehead atoms. The fourth-order valence-electron chi connectivity index (χ4n) is 5.98. The van der Waals surface area contributed by atoms with Crippen molar-refractivity contribution in [3.8, 4) is 0 Å². The van der Waals surface area contributed by atoms with Gasteiger partial charge in [0.2, 0.25) is 5.91 Å². The Morgan fingerprint density at radius 3 is 2.17 bits per heavy atom. The summed E-state index contributed by atoms with van der Waals surface area (Å²) >= 11 is 0. The van der Waals surface area contributed by atoms with Crippen LogP contribution in [0.1, 0.15) is 62.7 Å². The quantitative estimate of drug-likeness (QED) is 0.662. The summed E-state index contributed by atoms with van der Waals surface area (Å²) in [6.45, 7) is 3.79. The van der Waals surface area contributed by atoms with Crippen LogP contribution in [0.15, 0.2) is 24.5 Å². The molecule has 1 atom stereocenters. The van der Waals surface area contributed by atoms with Crippen LogP contribution in [0.25, 0.3) is 0 Å². The van der Waals surface area contributed by atoms with Gasteiger partial charge in [0.05, 0.1) is 5.56 Å². The van der Waals surface area contributed by atoms with Crippen molar-refractivity contribution in [3.63, 3.8) is 0 Å². The lowest BCUT2D eigenvalue weighted by Crippen LogP contribution is -2.59. The van der Waals surface area contributed by atoms with E-state index in [9.17, 15) is 14.4 Å². The van der Waals surface area contributed by atoms with Crippen LogP contribution in [-0.2, 0) is 9.59 Å². The molecule has 1 heterocycles. The molecule has 0 radical (unpaired) electrons. The van der Waals surface area contributed by atoms with Crippen molar-refractivity contribution in [2.45, 2.75) is 58.4 Å². The number of pyridine rings is 1. The van der Waals surface area contributed by atoms with Gasteiger partial charge < -0.3 is 5.32 Å². The topological polar surface area (TPSA) is 100 Å². The average Bonchev–Trinajstić information content (AvgIpc) is 2.69. The van der Waals surface area contributed by atoms with E-state index in [4.69, 9.17) is 0 Å². The molecule has 4 aliphatic carbocycles. The zero-order chi connectivity index (χ0) is 20.6. The maximum Gasteiger partial charge on any atom is 0.271 e. The first-order valence-corrected chi connectivity index (χ1v) is 10.7. The van der Waals surface area contributed by atoms with E-state index in [1.54, 1.807) is 18.3 Å². The highest BCUT2D eigenvalue weighted by Gasteiger charge is 2.55. The first-order chi connectivity index (χ1) is 13.9. The maximum atomic E-state index is 13.3. The second kappa shape index (κ2) is 7.76. The SMILES string of the molecule is CC(C)C(NC(=O)C12CC3CC(CC(C3)C1)C2)C(=O)NNC(=O)c1cccnc1. The normalized spacial score (nSPS) is 30.7. The lowest BCUT2D eigenvalue weighted by Gasteiger charge is -2.55. The third kappa shape index (κ3) is 4.00. The zero-order valence-electron chi connectivity index (χ0n) is 17.1. The van der Waals surface area contributed by atoms with Crippen LogP contribution in [0.5, 0.6) is 0 Å². The monoisotopic (exact) mass is 398 g/mol. The van der Waals surface area contributed by atoms with Crippen LogP contribution in [0.2, 0.25) is 0 Å². The van der Waals surface area contributed by atoms with Gasteiger partial charge in [-0.15, -0.1) is 0 Å². The van der Waals surface area contributed by atoms with Crippen molar-refractivity contribution < 1.29 is 14.4 Å². The van der Waals surface area contributed by atoms with Crippen molar-refractivity contribution in [1.29, 1.82) is 0 Å². The maximum absolute atomic E-state index is 13.3. The summed E-state index contributed by atoms with van der Waals surface area (Å²) in [7, 11) is 0. The summed E-state index contributed by atoms with van der Waals surface area (Å²) in [6.07, 6.45) is 9.66. The molecule has 1 aromatic heterocycles. The Balaban J connectivity index is 1.38. The molecule has 4 fully saturated rings. The molecule has 1 aromatic rings. The molecule has 0 aliphatic heterocycles. The van der Waals surface area contributed by atoms with Crippen LogP contribution >= 0.6 is 0 Å². The Labute approximate surface area is 171 Å². The molecule has 3 N–H and O–H groups in total. The molecule has 1 unspecified atom stereocenters. The van der Waals surface area contributed by atoms with Crippen molar-refractivity contribution in [2.75, 3.05) is 0 Å². The fraction of sp³-hybridized carbons (Fsp3) is 0.636. The van der Waals surface area contributed by atoms with Crippen LogP contribution in [0, 0.1) is 29.1 Å². The zero-order valence-corrected chi connectivity index (χ0v) is 17.1. The molecule has 0 spiro atoms. The van der Waals surface area contributed by atoms with E-state index in [1.807, 2.05) is 13.8 Å². The molecular weight excluding hydrogens is 368 g/mol. The standard InChI is InChI=1S/C22H30N4O3/c1-13(2)18(20(28)26-25-19(27)17-4-3-5-23-12-17)24-21(29)22-9-14-6-15(10-22)8-16(7-14)11-22/h3-5,12-16,18H,6-11H2,1-2H3,(H,24,29)(H,25,27)(H,26,28). The third-order valence-corrected chi connectivity index (χ3v) is 6.98. The Morgan fingerprint density at radius 1 is 1.03 bits per heavy atom. The summed E-state index contributed by atoms with van der Waals surface area (Å²) < 4.78 is 0. The van der Waals surface area contributed by atoms with Crippen LogP contribution in [-0.4, -0.2) is 28.7 Å². The number of aromatic nitrogens is 1. The molecule has 29 heavy (non-hydrogen) atoms. The lowest BCUT2D eigenvalue weighted by atomic mass is 9.49. The van der Waals surface area contributed by atoms with Crippen molar-refractivity contribution >= 4 is 17.7 Å². The van der Waals surface area contributed by atoms with Gasteiger partial charge >= 0.3 is 0 Å². The van der Waals surface area contributed by atoms with Gasteiger partial charge in [-0.25, -0.2) is 0 Å². The molecular formula is C22H30N4O3. The molecule has 7 heteroatoms. The van der Waals surface area contributed by atoms with E-state index in [0.717, 1.165) is 19.3 Å². The molecule has 0 saturated heterocycles. The van der Waals surface area contributed by atoms with E-state index in [-0.39, 0.29) is 17.2 Å². The number of carbonyl (C=O) groups is 3. The predicted octanol–water partition coefficient (Wildman–Crippen LogP) is 2.20. The van der Waals surface area contributed by atoms with E-state index >= 15 is 0 Å². The van der Waals surface area contributed by atoms with Crippen LogP contribution in [0.3, 0.4) is 0 Å². The second-order valence-corrected chi connectivity index (χ2v) is 9.58. The first-order valence-electron chi connectivity index (χ1n) is 10.7. The number of hydrazine groups is 1.